The Labute approximate surface area is 156 Å². The van der Waals surface area contributed by atoms with Crippen LogP contribution in [0.5, 0.6) is 0 Å². The summed E-state index contributed by atoms with van der Waals surface area (Å²) in [5.41, 5.74) is 1.75. The molecule has 0 N–H and O–H groups in total. The predicted molar refractivity (Wildman–Crippen MR) is 98.9 cm³/mol. The number of hydrogen-bond donors (Lipinski definition) is 0. The van der Waals surface area contributed by atoms with Crippen molar-refractivity contribution in [2.24, 2.45) is 11.8 Å². The summed E-state index contributed by atoms with van der Waals surface area (Å²) in [4.78, 5) is 28.5. The second kappa shape index (κ2) is 6.46. The van der Waals surface area contributed by atoms with Crippen LogP contribution in [-0.4, -0.2) is 59.4 Å². The number of rotatable bonds is 0. The van der Waals surface area contributed by atoms with Gasteiger partial charge in [0.15, 0.2) is 0 Å². The number of carbonyl (C=O) groups is 2. The van der Waals surface area contributed by atoms with Crippen molar-refractivity contribution in [3.05, 3.63) is 11.1 Å². The first kappa shape index (κ1) is 19.1. The summed E-state index contributed by atoms with van der Waals surface area (Å²) >= 11 is 0. The number of amides is 2. The van der Waals surface area contributed by atoms with Gasteiger partial charge in [-0.05, 0) is 71.4 Å². The molecule has 0 spiro atoms. The molecule has 0 aromatic heterocycles. The summed E-state index contributed by atoms with van der Waals surface area (Å²) in [6.07, 6.45) is 1.62. The Kier molecular flexibility index (Phi) is 4.74. The lowest BCUT2D eigenvalue weighted by Crippen LogP contribution is -2.36. The van der Waals surface area contributed by atoms with Crippen LogP contribution in [0.3, 0.4) is 0 Å². The van der Waals surface area contributed by atoms with E-state index >= 15 is 0 Å². The molecule has 1 unspecified atom stereocenters. The number of nitrogens with zero attached hydrogens (tertiary/aromatic N) is 2. The fourth-order valence-electron chi connectivity index (χ4n) is 4.17. The molecule has 0 aromatic carbocycles. The highest BCUT2D eigenvalue weighted by Gasteiger charge is 2.44. The molecule has 3 aliphatic rings. The highest BCUT2D eigenvalue weighted by atomic mass is 16.6. The maximum atomic E-state index is 12.4. The molecule has 0 radical (unpaired) electrons. The van der Waals surface area contributed by atoms with E-state index in [2.05, 4.69) is 0 Å². The number of hydrogen-bond acceptors (Lipinski definition) is 4. The van der Waals surface area contributed by atoms with Gasteiger partial charge in [-0.3, -0.25) is 0 Å². The van der Waals surface area contributed by atoms with E-state index in [1.54, 1.807) is 4.90 Å². The number of fused-ring (bicyclic) bond motifs is 2. The Hall–Kier alpha value is -1.72. The van der Waals surface area contributed by atoms with Crippen LogP contribution in [0.25, 0.3) is 0 Å². The van der Waals surface area contributed by atoms with Crippen molar-refractivity contribution in [3.8, 4) is 0 Å². The van der Waals surface area contributed by atoms with Crippen LogP contribution in [0.15, 0.2) is 11.1 Å². The van der Waals surface area contributed by atoms with E-state index in [4.69, 9.17) is 9.47 Å². The molecule has 2 atom stereocenters. The molecule has 26 heavy (non-hydrogen) atoms. The Morgan fingerprint density at radius 2 is 1.46 bits per heavy atom. The van der Waals surface area contributed by atoms with E-state index in [1.165, 1.54) is 11.1 Å². The molecule has 2 heterocycles. The van der Waals surface area contributed by atoms with Crippen molar-refractivity contribution in [1.82, 2.24) is 9.80 Å². The van der Waals surface area contributed by atoms with Gasteiger partial charge in [0.2, 0.25) is 0 Å². The van der Waals surface area contributed by atoms with E-state index < -0.39 is 11.2 Å². The number of likely N-dealkylation sites (tertiary alicyclic amines) is 1. The third-order valence-corrected chi connectivity index (χ3v) is 5.21. The lowest BCUT2D eigenvalue weighted by Gasteiger charge is -2.26. The van der Waals surface area contributed by atoms with E-state index in [-0.39, 0.29) is 12.2 Å². The van der Waals surface area contributed by atoms with Crippen LogP contribution in [0.2, 0.25) is 0 Å². The molecule has 3 rings (SSSR count). The average Bonchev–Trinajstić information content (AvgIpc) is 3.07. The van der Waals surface area contributed by atoms with E-state index in [0.29, 0.717) is 31.5 Å². The fraction of sp³-hybridized carbons (Fsp3) is 0.800. The third-order valence-electron chi connectivity index (χ3n) is 5.21. The summed E-state index contributed by atoms with van der Waals surface area (Å²) in [5, 5.41) is 0. The molecular weight excluding hydrogens is 332 g/mol. The molecule has 1 aliphatic carbocycles. The minimum Gasteiger partial charge on any atom is -0.444 e. The monoisotopic (exact) mass is 364 g/mol. The number of ether oxygens (including phenoxy) is 2. The van der Waals surface area contributed by atoms with Crippen molar-refractivity contribution in [1.29, 1.82) is 0 Å². The largest absolute Gasteiger partial charge is 0.444 e. The van der Waals surface area contributed by atoms with Crippen molar-refractivity contribution in [3.63, 3.8) is 0 Å². The normalized spacial score (nSPS) is 25.9. The molecule has 146 valence electrons. The van der Waals surface area contributed by atoms with Crippen molar-refractivity contribution in [2.45, 2.75) is 65.6 Å². The molecule has 2 aliphatic heterocycles. The van der Waals surface area contributed by atoms with Gasteiger partial charge < -0.3 is 19.3 Å². The molecule has 1 fully saturated rings. The lowest BCUT2D eigenvalue weighted by atomic mass is 9.78. The topological polar surface area (TPSA) is 59.1 Å². The smallest absolute Gasteiger partial charge is 0.410 e. The van der Waals surface area contributed by atoms with Gasteiger partial charge in [-0.1, -0.05) is 0 Å². The van der Waals surface area contributed by atoms with Gasteiger partial charge >= 0.3 is 12.2 Å². The van der Waals surface area contributed by atoms with E-state index in [9.17, 15) is 9.59 Å². The quantitative estimate of drug-likeness (QED) is 0.613. The highest BCUT2D eigenvalue weighted by molar-refractivity contribution is 5.71. The SMILES string of the molecule is CC(C)(C)OC(=O)N1CC2=C(C1)C1CN(C(=O)OC(C)(C)C)C[C@H]1CC2. The zero-order valence-corrected chi connectivity index (χ0v) is 16.9. The average molecular weight is 364 g/mol. The minimum atomic E-state index is -0.483. The molecule has 6 heteroatoms. The summed E-state index contributed by atoms with van der Waals surface area (Å²) < 4.78 is 11.1. The molecule has 0 bridgehead atoms. The lowest BCUT2D eigenvalue weighted by molar-refractivity contribution is 0.0271. The van der Waals surface area contributed by atoms with Gasteiger partial charge in [0.05, 0.1) is 0 Å². The van der Waals surface area contributed by atoms with Crippen LogP contribution >= 0.6 is 0 Å². The first-order valence-corrected chi connectivity index (χ1v) is 9.59. The summed E-state index contributed by atoms with van der Waals surface area (Å²) in [6.45, 7) is 14.1. The standard InChI is InChI=1S/C20H32N2O4/c1-19(2,3)25-17(23)21-9-13-7-8-14-10-22(12-16(14)15(13)11-21)18(24)26-20(4,5)6/h13,15H,7-12H2,1-6H3/t13-,15?/m1/s1. The Morgan fingerprint density at radius 1 is 0.885 bits per heavy atom. The molecule has 6 nitrogen and oxygen atoms in total. The first-order chi connectivity index (χ1) is 11.9. The first-order valence-electron chi connectivity index (χ1n) is 9.59. The molecule has 2 amide bonds. The van der Waals surface area contributed by atoms with Gasteiger partial charge in [0.1, 0.15) is 11.2 Å². The molecule has 0 aromatic rings. The maximum Gasteiger partial charge on any atom is 0.410 e. The Balaban J connectivity index is 1.64. The second-order valence-electron chi connectivity index (χ2n) is 9.76. The van der Waals surface area contributed by atoms with Crippen molar-refractivity contribution < 1.29 is 19.1 Å². The maximum absolute atomic E-state index is 12.4. The summed E-state index contributed by atoms with van der Waals surface area (Å²) in [5.74, 6) is 0.818. The summed E-state index contributed by atoms with van der Waals surface area (Å²) in [7, 11) is 0. The molecular formula is C20H32N2O4. The van der Waals surface area contributed by atoms with Crippen LogP contribution in [0.4, 0.5) is 9.59 Å². The van der Waals surface area contributed by atoms with Gasteiger partial charge in [0, 0.05) is 32.1 Å². The molecule has 0 saturated carbocycles. The summed E-state index contributed by atoms with van der Waals surface area (Å²) in [6, 6.07) is 0. The van der Waals surface area contributed by atoms with Gasteiger partial charge in [-0.25, -0.2) is 9.59 Å². The van der Waals surface area contributed by atoms with E-state index in [1.807, 2.05) is 46.4 Å². The Morgan fingerprint density at radius 3 is 2.04 bits per heavy atom. The Bertz CT molecular complexity index is 627. The van der Waals surface area contributed by atoms with Crippen LogP contribution in [0.1, 0.15) is 54.4 Å². The van der Waals surface area contributed by atoms with Crippen molar-refractivity contribution >= 4 is 12.2 Å². The van der Waals surface area contributed by atoms with Gasteiger partial charge in [-0.15, -0.1) is 0 Å². The van der Waals surface area contributed by atoms with Crippen LogP contribution < -0.4 is 0 Å². The highest BCUT2D eigenvalue weighted by Crippen LogP contribution is 2.43. The van der Waals surface area contributed by atoms with Gasteiger partial charge in [-0.2, -0.15) is 0 Å². The second-order valence-corrected chi connectivity index (χ2v) is 9.76. The zero-order valence-electron chi connectivity index (χ0n) is 16.9. The van der Waals surface area contributed by atoms with Crippen molar-refractivity contribution in [2.75, 3.05) is 26.2 Å². The molecule has 1 saturated heterocycles. The van der Waals surface area contributed by atoms with Crippen LogP contribution in [0, 0.1) is 11.8 Å². The zero-order chi connectivity index (χ0) is 19.3. The minimum absolute atomic E-state index is 0.226. The number of carbonyl (C=O) groups excluding carboxylic acids is 2. The predicted octanol–water partition coefficient (Wildman–Crippen LogP) is 3.81. The fourth-order valence-corrected chi connectivity index (χ4v) is 4.17. The van der Waals surface area contributed by atoms with Gasteiger partial charge in [0.25, 0.3) is 0 Å². The third kappa shape index (κ3) is 4.15. The van der Waals surface area contributed by atoms with Crippen LogP contribution in [-0.2, 0) is 9.47 Å². The van der Waals surface area contributed by atoms with E-state index in [0.717, 1.165) is 19.4 Å².